The van der Waals surface area contributed by atoms with E-state index in [2.05, 4.69) is 40.7 Å². The average molecular weight is 548 g/mol. The normalized spacial score (nSPS) is 41.1. The Morgan fingerprint density at radius 3 is 2.23 bits per heavy atom. The molecule has 0 saturated heterocycles. The Kier molecular flexibility index (Phi) is 5.87. The topological polar surface area (TPSA) is 86.7 Å². The van der Waals surface area contributed by atoms with Gasteiger partial charge in [-0.2, -0.15) is 0 Å². The third-order valence-corrected chi connectivity index (χ3v) is 13.4. The first-order chi connectivity index (χ1) is 18.1. The van der Waals surface area contributed by atoms with Crippen molar-refractivity contribution in [1.82, 2.24) is 0 Å². The molecule has 4 aliphatic carbocycles. The van der Waals surface area contributed by atoms with Gasteiger partial charge in [0.2, 0.25) is 0 Å². The molecule has 0 aliphatic heterocycles. The van der Waals surface area contributed by atoms with E-state index in [1.807, 2.05) is 25.1 Å². The molecule has 0 heterocycles. The molecule has 2 aromatic rings. The number of hydrogen-bond acceptors (Lipinski definition) is 5. The maximum absolute atomic E-state index is 10.8. The van der Waals surface area contributed by atoms with Crippen LogP contribution in [0.4, 0.5) is 0 Å². The summed E-state index contributed by atoms with van der Waals surface area (Å²) in [6, 6.07) is 9.25. The van der Waals surface area contributed by atoms with E-state index in [1.165, 1.54) is 18.4 Å². The number of fused-ring (bicyclic) bond motifs is 7. The average Bonchev–Trinajstić information content (AvgIpc) is 2.88. The molecule has 0 amide bonds. The maximum atomic E-state index is 10.8. The Morgan fingerprint density at radius 1 is 0.872 bits per heavy atom. The van der Waals surface area contributed by atoms with E-state index in [1.54, 1.807) is 23.9 Å². The number of thioether (sulfide) groups is 1. The summed E-state index contributed by atoms with van der Waals surface area (Å²) in [4.78, 5) is 1.07. The highest BCUT2D eigenvalue weighted by Gasteiger charge is 2.66. The van der Waals surface area contributed by atoms with Crippen molar-refractivity contribution in [1.29, 1.82) is 0 Å². The fraction of sp³-hybridized carbons (Fsp3) is 0.588. The molecular weight excluding hydrogens is 502 g/mol. The molecular formula is C34H45NO3S. The molecule has 5 heteroatoms. The van der Waals surface area contributed by atoms with Crippen LogP contribution in [0.25, 0.3) is 0 Å². The van der Waals surface area contributed by atoms with Crippen molar-refractivity contribution in [2.24, 2.45) is 27.9 Å². The van der Waals surface area contributed by atoms with Gasteiger partial charge in [-0.1, -0.05) is 39.3 Å². The van der Waals surface area contributed by atoms with Crippen LogP contribution in [0.3, 0.4) is 0 Å². The van der Waals surface area contributed by atoms with Gasteiger partial charge in [-0.25, -0.2) is 0 Å². The number of benzene rings is 2. The number of phenolic OH excluding ortho intramolecular Hbond substituents is 3. The van der Waals surface area contributed by atoms with Gasteiger partial charge in [-0.3, -0.25) is 0 Å². The molecule has 4 aliphatic rings. The van der Waals surface area contributed by atoms with Crippen LogP contribution >= 0.6 is 11.8 Å². The fourth-order valence-corrected chi connectivity index (χ4v) is 10.7. The van der Waals surface area contributed by atoms with Gasteiger partial charge in [0.25, 0.3) is 0 Å². The molecule has 7 atom stereocenters. The smallest absolute Gasteiger partial charge is 0.160 e. The van der Waals surface area contributed by atoms with Crippen LogP contribution in [0.1, 0.15) is 102 Å². The second kappa shape index (κ2) is 8.45. The molecule has 3 saturated carbocycles. The van der Waals surface area contributed by atoms with E-state index in [0.717, 1.165) is 53.7 Å². The third-order valence-electron chi connectivity index (χ3n) is 12.2. The van der Waals surface area contributed by atoms with E-state index < -0.39 is 0 Å². The lowest BCUT2D eigenvalue weighted by Gasteiger charge is -2.70. The molecule has 1 unspecified atom stereocenters. The summed E-state index contributed by atoms with van der Waals surface area (Å²) >= 11 is 1.76. The van der Waals surface area contributed by atoms with Crippen molar-refractivity contribution in [2.45, 2.75) is 108 Å². The standard InChI is InChI=1S/C34H45NO3S/c1-20-28-23(17-24(37)29(20)38)32(4)14-16-34(6)27-19-31(3,35)13-11-30(27,2)12-15-33(34,5)26(32)18-25(28)39-22-9-7-21(36)8-10-22/h7-10,17-18,25,27,36-38H,11-16,19,35H2,1-6H3/t25?,27-,30-,31-,32+,33-,34+/m1/s1. The number of rotatable bonds is 2. The minimum Gasteiger partial charge on any atom is -0.508 e. The Bertz CT molecular complexity index is 1370. The van der Waals surface area contributed by atoms with E-state index in [-0.39, 0.29) is 44.3 Å². The molecule has 0 aromatic heterocycles. The van der Waals surface area contributed by atoms with Crippen LogP contribution in [0.2, 0.25) is 0 Å². The zero-order valence-electron chi connectivity index (χ0n) is 24.4. The summed E-state index contributed by atoms with van der Waals surface area (Å²) in [7, 11) is 0. The molecule has 5 N–H and O–H groups in total. The lowest BCUT2D eigenvalue weighted by atomic mass is 9.35. The second-order valence-corrected chi connectivity index (χ2v) is 15.8. The van der Waals surface area contributed by atoms with Crippen LogP contribution in [-0.2, 0) is 5.41 Å². The van der Waals surface area contributed by atoms with Crippen molar-refractivity contribution >= 4 is 11.8 Å². The predicted octanol–water partition coefficient (Wildman–Crippen LogP) is 8.27. The van der Waals surface area contributed by atoms with E-state index in [4.69, 9.17) is 5.73 Å². The summed E-state index contributed by atoms with van der Waals surface area (Å²) in [5, 5.41) is 31.5. The number of aromatic hydroxyl groups is 3. The van der Waals surface area contributed by atoms with Crippen molar-refractivity contribution in [3.63, 3.8) is 0 Å². The maximum Gasteiger partial charge on any atom is 0.160 e. The molecule has 2 aromatic carbocycles. The van der Waals surface area contributed by atoms with Gasteiger partial charge >= 0.3 is 0 Å². The number of phenols is 3. The van der Waals surface area contributed by atoms with Crippen molar-refractivity contribution in [2.75, 3.05) is 0 Å². The van der Waals surface area contributed by atoms with Crippen LogP contribution in [-0.4, -0.2) is 20.9 Å². The van der Waals surface area contributed by atoms with E-state index in [0.29, 0.717) is 11.3 Å². The third kappa shape index (κ3) is 3.75. The minimum atomic E-state index is -0.208. The van der Waals surface area contributed by atoms with Crippen molar-refractivity contribution < 1.29 is 15.3 Å². The van der Waals surface area contributed by atoms with E-state index >= 15 is 0 Å². The van der Waals surface area contributed by atoms with Gasteiger partial charge in [0.1, 0.15) is 5.75 Å². The zero-order valence-corrected chi connectivity index (χ0v) is 25.2. The number of hydrogen-bond donors (Lipinski definition) is 4. The highest BCUT2D eigenvalue weighted by Crippen LogP contribution is 2.74. The van der Waals surface area contributed by atoms with Gasteiger partial charge in [0.05, 0.1) is 5.25 Å². The molecule has 39 heavy (non-hydrogen) atoms. The van der Waals surface area contributed by atoms with Crippen molar-refractivity contribution in [3.8, 4) is 17.2 Å². The second-order valence-electron chi connectivity index (χ2n) is 14.6. The minimum absolute atomic E-state index is 0.00210. The zero-order chi connectivity index (χ0) is 28.2. The molecule has 4 nitrogen and oxygen atoms in total. The largest absolute Gasteiger partial charge is 0.508 e. The first-order valence-corrected chi connectivity index (χ1v) is 15.5. The summed E-state index contributed by atoms with van der Waals surface area (Å²) < 4.78 is 0. The predicted molar refractivity (Wildman–Crippen MR) is 159 cm³/mol. The molecule has 0 spiro atoms. The Morgan fingerprint density at radius 2 is 1.54 bits per heavy atom. The SMILES string of the molecule is Cc1c(O)c(O)cc2c1C(Sc1ccc(O)cc1)C=C1[C@@]2(C)CC[C@@]2(C)[C@@H]3C[C@](C)(N)CC[C@]3(C)CC[C@]12C. The fourth-order valence-electron chi connectivity index (χ4n) is 9.48. The van der Waals surface area contributed by atoms with E-state index in [9.17, 15) is 15.3 Å². The van der Waals surface area contributed by atoms with Crippen LogP contribution in [0, 0.1) is 29.1 Å². The first-order valence-electron chi connectivity index (χ1n) is 14.7. The molecule has 3 fully saturated rings. The summed E-state index contributed by atoms with van der Waals surface area (Å²) in [6.45, 7) is 14.2. The Labute approximate surface area is 238 Å². The van der Waals surface area contributed by atoms with Gasteiger partial charge in [-0.15, -0.1) is 11.8 Å². The van der Waals surface area contributed by atoms with Crippen molar-refractivity contribution in [3.05, 3.63) is 58.7 Å². The highest BCUT2D eigenvalue weighted by atomic mass is 32.2. The van der Waals surface area contributed by atoms with Gasteiger partial charge < -0.3 is 21.1 Å². The number of nitrogens with two attached hydrogens (primary N) is 1. The van der Waals surface area contributed by atoms with Crippen LogP contribution in [0.5, 0.6) is 17.2 Å². The molecule has 0 radical (unpaired) electrons. The lowest BCUT2D eigenvalue weighted by Crippen LogP contribution is -2.63. The lowest BCUT2D eigenvalue weighted by molar-refractivity contribution is -0.148. The Hall–Kier alpha value is -2.11. The summed E-state index contributed by atoms with van der Waals surface area (Å²) in [5.41, 5.74) is 11.6. The Balaban J connectivity index is 1.53. The summed E-state index contributed by atoms with van der Waals surface area (Å²) in [6.07, 6.45) is 10.4. The quantitative estimate of drug-likeness (QED) is 0.225. The van der Waals surface area contributed by atoms with Gasteiger partial charge in [0, 0.05) is 15.8 Å². The monoisotopic (exact) mass is 547 g/mol. The van der Waals surface area contributed by atoms with Crippen LogP contribution in [0.15, 0.2) is 46.9 Å². The first kappa shape index (κ1) is 27.1. The highest BCUT2D eigenvalue weighted by molar-refractivity contribution is 7.99. The molecule has 0 bridgehead atoms. The molecule has 210 valence electrons. The van der Waals surface area contributed by atoms with Crippen LogP contribution < -0.4 is 5.73 Å². The van der Waals surface area contributed by atoms with Gasteiger partial charge in [0.15, 0.2) is 11.5 Å². The number of allylic oxidation sites excluding steroid dienone is 1. The molecule has 6 rings (SSSR count). The van der Waals surface area contributed by atoms with Gasteiger partial charge in [-0.05, 0) is 128 Å². The summed E-state index contributed by atoms with van der Waals surface area (Å²) in [5.74, 6) is 0.781.